The van der Waals surface area contributed by atoms with Crippen LogP contribution < -0.4 is 5.32 Å². The molecule has 2 heterocycles. The highest BCUT2D eigenvalue weighted by molar-refractivity contribution is 7.91. The zero-order chi connectivity index (χ0) is 13.2. The molecule has 0 saturated carbocycles. The summed E-state index contributed by atoms with van der Waals surface area (Å²) >= 11 is 0. The summed E-state index contributed by atoms with van der Waals surface area (Å²) in [6.07, 6.45) is 3.90. The average Bonchev–Trinajstić information content (AvgIpc) is 2.28. The van der Waals surface area contributed by atoms with E-state index >= 15 is 0 Å². The van der Waals surface area contributed by atoms with Crippen LogP contribution >= 0.6 is 0 Å². The van der Waals surface area contributed by atoms with E-state index in [1.54, 1.807) is 0 Å². The Morgan fingerprint density at radius 1 is 1.39 bits per heavy atom. The van der Waals surface area contributed by atoms with Crippen LogP contribution in [0.15, 0.2) is 12.4 Å². The molecule has 2 N–H and O–H groups in total. The van der Waals surface area contributed by atoms with Gasteiger partial charge in [0.2, 0.25) is 0 Å². The van der Waals surface area contributed by atoms with Gasteiger partial charge in [-0.1, -0.05) is 0 Å². The summed E-state index contributed by atoms with van der Waals surface area (Å²) < 4.78 is 23.0. The maximum Gasteiger partial charge on any atom is 0.358 e. The Balaban J connectivity index is 2.17. The van der Waals surface area contributed by atoms with E-state index in [1.165, 1.54) is 12.4 Å². The van der Waals surface area contributed by atoms with Crippen molar-refractivity contribution in [3.05, 3.63) is 18.1 Å². The molecule has 1 aliphatic rings. The Kier molecular flexibility index (Phi) is 3.46. The summed E-state index contributed by atoms with van der Waals surface area (Å²) in [4.78, 5) is 18.5. The lowest BCUT2D eigenvalue weighted by atomic mass is 10.2. The third-order valence-electron chi connectivity index (χ3n) is 2.70. The Morgan fingerprint density at radius 3 is 2.78 bits per heavy atom. The van der Waals surface area contributed by atoms with Crippen LogP contribution in [0.1, 0.15) is 23.3 Å². The first-order chi connectivity index (χ1) is 8.48. The largest absolute Gasteiger partial charge is 0.476 e. The van der Waals surface area contributed by atoms with E-state index in [4.69, 9.17) is 5.11 Å². The molecular formula is C10H13N3O4S. The minimum absolute atomic E-state index is 0.00261. The Morgan fingerprint density at radius 2 is 2.11 bits per heavy atom. The molecule has 1 atom stereocenters. The minimum Gasteiger partial charge on any atom is -0.476 e. The van der Waals surface area contributed by atoms with Crippen LogP contribution in [-0.4, -0.2) is 47.0 Å². The normalized spacial score (nSPS) is 22.3. The van der Waals surface area contributed by atoms with Gasteiger partial charge in [0.25, 0.3) is 0 Å². The third kappa shape index (κ3) is 2.95. The van der Waals surface area contributed by atoms with Gasteiger partial charge >= 0.3 is 5.97 Å². The molecule has 1 aromatic rings. The third-order valence-corrected chi connectivity index (χ3v) is 4.53. The van der Waals surface area contributed by atoms with Crippen molar-refractivity contribution in [2.45, 2.75) is 18.9 Å². The summed E-state index contributed by atoms with van der Waals surface area (Å²) in [7, 11) is -3.04. The number of sulfone groups is 1. The molecule has 0 aliphatic carbocycles. The van der Waals surface area contributed by atoms with Crippen molar-refractivity contribution >= 4 is 21.6 Å². The van der Waals surface area contributed by atoms with Gasteiger partial charge in [0.05, 0.1) is 11.5 Å². The highest BCUT2D eigenvalue weighted by atomic mass is 32.2. The smallest absolute Gasteiger partial charge is 0.358 e. The summed E-state index contributed by atoms with van der Waals surface area (Å²) in [5.41, 5.74) is -0.194. The summed E-state index contributed by atoms with van der Waals surface area (Å²) in [5.74, 6) is -0.878. The van der Waals surface area contributed by atoms with Crippen molar-refractivity contribution in [3.8, 4) is 0 Å². The van der Waals surface area contributed by atoms with E-state index in [0.717, 1.165) is 0 Å². The molecule has 98 valence electrons. The van der Waals surface area contributed by atoms with E-state index < -0.39 is 15.8 Å². The fraction of sp³-hybridized carbons (Fsp3) is 0.500. The minimum atomic E-state index is -3.04. The molecule has 1 saturated heterocycles. The molecule has 0 bridgehead atoms. The zero-order valence-corrected chi connectivity index (χ0v) is 10.4. The van der Waals surface area contributed by atoms with Gasteiger partial charge in [-0.3, -0.25) is 0 Å². The van der Waals surface area contributed by atoms with E-state index in [1.807, 2.05) is 0 Å². The number of anilines is 1. The number of hydrogen-bond acceptors (Lipinski definition) is 6. The van der Waals surface area contributed by atoms with Gasteiger partial charge in [0, 0.05) is 18.4 Å². The van der Waals surface area contributed by atoms with Crippen LogP contribution in [0.4, 0.5) is 5.82 Å². The fourth-order valence-electron chi connectivity index (χ4n) is 1.93. The number of aromatic carboxylic acids is 1. The first kappa shape index (κ1) is 12.7. The van der Waals surface area contributed by atoms with E-state index in [2.05, 4.69) is 15.3 Å². The number of carbonyl (C=O) groups is 1. The van der Waals surface area contributed by atoms with Crippen molar-refractivity contribution in [2.24, 2.45) is 0 Å². The first-order valence-corrected chi connectivity index (χ1v) is 7.31. The number of nitrogens with one attached hydrogen (secondary N) is 1. The Hall–Kier alpha value is -1.70. The van der Waals surface area contributed by atoms with Gasteiger partial charge in [-0.05, 0) is 12.8 Å². The summed E-state index contributed by atoms with van der Waals surface area (Å²) in [6, 6.07) is -0.307. The van der Waals surface area contributed by atoms with Crippen molar-refractivity contribution in [2.75, 3.05) is 16.8 Å². The molecule has 1 aromatic heterocycles. The number of carboxylic acid groups (broad SMARTS) is 1. The number of nitrogens with zero attached hydrogens (tertiary/aromatic N) is 2. The van der Waals surface area contributed by atoms with Crippen LogP contribution in [0.3, 0.4) is 0 Å². The Bertz CT molecular complexity index is 558. The van der Waals surface area contributed by atoms with Crippen LogP contribution in [0.25, 0.3) is 0 Å². The van der Waals surface area contributed by atoms with Crippen molar-refractivity contribution in [1.82, 2.24) is 9.97 Å². The second-order valence-corrected chi connectivity index (χ2v) is 6.39. The molecule has 18 heavy (non-hydrogen) atoms. The maximum atomic E-state index is 11.5. The van der Waals surface area contributed by atoms with Crippen molar-refractivity contribution in [3.63, 3.8) is 0 Å². The van der Waals surface area contributed by atoms with E-state index in [0.29, 0.717) is 12.8 Å². The molecule has 1 aliphatic heterocycles. The van der Waals surface area contributed by atoms with Crippen LogP contribution in [0.5, 0.6) is 0 Å². The summed E-state index contributed by atoms with van der Waals surface area (Å²) in [6.45, 7) is 0. The monoisotopic (exact) mass is 271 g/mol. The van der Waals surface area contributed by atoms with Gasteiger partial charge < -0.3 is 10.4 Å². The van der Waals surface area contributed by atoms with E-state index in [9.17, 15) is 13.2 Å². The average molecular weight is 271 g/mol. The number of rotatable bonds is 3. The molecule has 0 spiro atoms. The predicted octanol–water partition coefficient (Wildman–Crippen LogP) is 0.164. The molecule has 8 heteroatoms. The van der Waals surface area contributed by atoms with Crippen LogP contribution in [0, 0.1) is 0 Å². The van der Waals surface area contributed by atoms with Crippen molar-refractivity contribution < 1.29 is 18.3 Å². The standard InChI is InChI=1S/C10H13N3O4S/c14-10(15)8-9(12-4-3-11-8)13-7-2-1-5-18(16,17)6-7/h3-4,7H,1-2,5-6H2,(H,12,13)(H,14,15). The first-order valence-electron chi connectivity index (χ1n) is 5.49. The van der Waals surface area contributed by atoms with Gasteiger partial charge in [-0.15, -0.1) is 0 Å². The number of carboxylic acids is 1. The lowest BCUT2D eigenvalue weighted by Gasteiger charge is -2.23. The van der Waals surface area contributed by atoms with Crippen LogP contribution in [-0.2, 0) is 9.84 Å². The maximum absolute atomic E-state index is 11.5. The molecule has 0 aromatic carbocycles. The fourth-order valence-corrected chi connectivity index (χ4v) is 3.57. The SMILES string of the molecule is O=C(O)c1nccnc1NC1CCCS(=O)(=O)C1. The van der Waals surface area contributed by atoms with E-state index in [-0.39, 0.29) is 29.1 Å². The van der Waals surface area contributed by atoms with Gasteiger partial charge in [0.15, 0.2) is 21.3 Å². The molecule has 7 nitrogen and oxygen atoms in total. The summed E-state index contributed by atoms with van der Waals surface area (Å²) in [5, 5.41) is 11.8. The van der Waals surface area contributed by atoms with Gasteiger partial charge in [-0.25, -0.2) is 23.2 Å². The lowest BCUT2D eigenvalue weighted by molar-refractivity contribution is 0.0691. The number of aromatic nitrogens is 2. The van der Waals surface area contributed by atoms with Crippen LogP contribution in [0.2, 0.25) is 0 Å². The zero-order valence-electron chi connectivity index (χ0n) is 9.54. The molecular weight excluding hydrogens is 258 g/mol. The topological polar surface area (TPSA) is 109 Å². The molecule has 0 radical (unpaired) electrons. The quantitative estimate of drug-likeness (QED) is 0.806. The van der Waals surface area contributed by atoms with Gasteiger partial charge in [0.1, 0.15) is 0 Å². The number of hydrogen-bond donors (Lipinski definition) is 2. The molecule has 1 unspecified atom stereocenters. The lowest BCUT2D eigenvalue weighted by Crippen LogP contribution is -2.35. The second-order valence-electron chi connectivity index (χ2n) is 4.16. The second kappa shape index (κ2) is 4.89. The molecule has 0 amide bonds. The highest BCUT2D eigenvalue weighted by Gasteiger charge is 2.26. The van der Waals surface area contributed by atoms with Gasteiger partial charge in [-0.2, -0.15) is 0 Å². The van der Waals surface area contributed by atoms with Crippen molar-refractivity contribution in [1.29, 1.82) is 0 Å². The Labute approximate surface area is 104 Å². The molecule has 2 rings (SSSR count). The molecule has 1 fully saturated rings. The predicted molar refractivity (Wildman–Crippen MR) is 64.3 cm³/mol. The highest BCUT2D eigenvalue weighted by Crippen LogP contribution is 2.17.